The molecule has 0 aliphatic carbocycles. The fourth-order valence-corrected chi connectivity index (χ4v) is 3.35. The average Bonchev–Trinajstić information content (AvgIpc) is 2.82. The number of thiazole rings is 1. The van der Waals surface area contributed by atoms with Crippen molar-refractivity contribution in [2.75, 3.05) is 18.0 Å². The summed E-state index contributed by atoms with van der Waals surface area (Å²) in [6, 6.07) is 0. The highest BCUT2D eigenvalue weighted by atomic mass is 32.1. The van der Waals surface area contributed by atoms with Gasteiger partial charge in [0.15, 0.2) is 5.13 Å². The van der Waals surface area contributed by atoms with Crippen molar-refractivity contribution in [1.29, 1.82) is 0 Å². The first-order chi connectivity index (χ1) is 7.91. The summed E-state index contributed by atoms with van der Waals surface area (Å²) in [6.07, 6.45) is 1.28. The summed E-state index contributed by atoms with van der Waals surface area (Å²) in [5.74, 6) is 0.771. The molecule has 2 rings (SSSR count). The molecule has 1 fully saturated rings. The molecule has 0 radical (unpaired) electrons. The second kappa shape index (κ2) is 4.58. The lowest BCUT2D eigenvalue weighted by Gasteiger charge is -2.26. The molecule has 96 valence electrons. The summed E-state index contributed by atoms with van der Waals surface area (Å²) in [5.41, 5.74) is 7.22. The van der Waals surface area contributed by atoms with Crippen molar-refractivity contribution in [3.05, 3.63) is 10.6 Å². The van der Waals surface area contributed by atoms with E-state index in [9.17, 15) is 0 Å². The van der Waals surface area contributed by atoms with Crippen LogP contribution in [-0.2, 0) is 6.54 Å². The van der Waals surface area contributed by atoms with Crippen molar-refractivity contribution in [2.24, 2.45) is 17.1 Å². The Hall–Kier alpha value is -0.610. The van der Waals surface area contributed by atoms with Crippen LogP contribution in [0, 0.1) is 18.3 Å². The van der Waals surface area contributed by atoms with Crippen LogP contribution < -0.4 is 10.6 Å². The number of rotatable bonds is 2. The van der Waals surface area contributed by atoms with Crippen LogP contribution in [0.5, 0.6) is 0 Å². The third-order valence-corrected chi connectivity index (χ3v) is 4.99. The smallest absolute Gasteiger partial charge is 0.185 e. The van der Waals surface area contributed by atoms with Crippen molar-refractivity contribution < 1.29 is 0 Å². The minimum absolute atomic E-state index is 0.401. The number of hydrogen-bond acceptors (Lipinski definition) is 4. The van der Waals surface area contributed by atoms with Crippen molar-refractivity contribution in [3.63, 3.8) is 0 Å². The molecule has 1 unspecified atom stereocenters. The van der Waals surface area contributed by atoms with E-state index in [4.69, 9.17) is 5.73 Å². The Morgan fingerprint density at radius 3 is 2.65 bits per heavy atom. The van der Waals surface area contributed by atoms with Gasteiger partial charge in [-0.3, -0.25) is 0 Å². The maximum absolute atomic E-state index is 5.71. The summed E-state index contributed by atoms with van der Waals surface area (Å²) in [4.78, 5) is 8.29. The van der Waals surface area contributed by atoms with Gasteiger partial charge in [0.1, 0.15) is 0 Å². The van der Waals surface area contributed by atoms with E-state index in [-0.39, 0.29) is 0 Å². The Labute approximate surface area is 108 Å². The van der Waals surface area contributed by atoms with Gasteiger partial charge in [0.25, 0.3) is 0 Å². The quantitative estimate of drug-likeness (QED) is 0.881. The largest absolute Gasteiger partial charge is 0.348 e. The van der Waals surface area contributed by atoms with Crippen LogP contribution in [0.1, 0.15) is 37.8 Å². The van der Waals surface area contributed by atoms with Crippen LogP contribution in [0.15, 0.2) is 0 Å². The Balaban J connectivity index is 2.10. The fourth-order valence-electron chi connectivity index (χ4n) is 2.38. The van der Waals surface area contributed by atoms with Crippen LogP contribution >= 0.6 is 11.3 Å². The van der Waals surface area contributed by atoms with Gasteiger partial charge in [-0.05, 0) is 24.7 Å². The predicted octanol–water partition coefficient (Wildman–Crippen LogP) is 2.78. The lowest BCUT2D eigenvalue weighted by atomic mass is 9.80. The highest BCUT2D eigenvalue weighted by Crippen LogP contribution is 2.37. The van der Waals surface area contributed by atoms with Gasteiger partial charge in [-0.2, -0.15) is 0 Å². The first-order valence-electron chi connectivity index (χ1n) is 6.33. The molecule has 0 saturated carbocycles. The molecule has 0 aromatic carbocycles. The first kappa shape index (κ1) is 12.8. The normalized spacial score (nSPS) is 21.2. The third kappa shape index (κ3) is 2.63. The molecule has 17 heavy (non-hydrogen) atoms. The van der Waals surface area contributed by atoms with E-state index in [1.54, 1.807) is 11.3 Å². The molecule has 1 aromatic rings. The summed E-state index contributed by atoms with van der Waals surface area (Å²) >= 11 is 1.76. The number of aromatic nitrogens is 1. The Morgan fingerprint density at radius 1 is 1.47 bits per heavy atom. The second-order valence-electron chi connectivity index (χ2n) is 6.01. The maximum Gasteiger partial charge on any atom is 0.185 e. The molecule has 1 saturated heterocycles. The number of anilines is 1. The van der Waals surface area contributed by atoms with E-state index < -0.39 is 0 Å². The molecule has 4 heteroatoms. The Morgan fingerprint density at radius 2 is 2.18 bits per heavy atom. The number of aryl methyl sites for hydroxylation is 1. The topological polar surface area (TPSA) is 42.2 Å². The highest BCUT2D eigenvalue weighted by molar-refractivity contribution is 7.15. The molecule has 1 aliphatic heterocycles. The lowest BCUT2D eigenvalue weighted by Crippen LogP contribution is -2.25. The van der Waals surface area contributed by atoms with Crippen LogP contribution in [0.4, 0.5) is 5.13 Å². The summed E-state index contributed by atoms with van der Waals surface area (Å²) in [7, 11) is 0. The highest BCUT2D eigenvalue weighted by Gasteiger charge is 2.32. The Kier molecular flexibility index (Phi) is 3.46. The summed E-state index contributed by atoms with van der Waals surface area (Å²) in [5, 5.41) is 1.16. The summed E-state index contributed by atoms with van der Waals surface area (Å²) in [6.45, 7) is 11.9. The molecule has 0 bridgehead atoms. The zero-order chi connectivity index (χ0) is 12.6. The molecule has 0 spiro atoms. The fraction of sp³-hybridized carbons (Fsp3) is 0.769. The van der Waals surface area contributed by atoms with E-state index in [0.717, 1.165) is 29.8 Å². The predicted molar refractivity (Wildman–Crippen MR) is 74.5 cm³/mol. The number of hydrogen-bond donors (Lipinski definition) is 1. The molecule has 1 aromatic heterocycles. The van der Waals surface area contributed by atoms with Gasteiger partial charge in [-0.1, -0.05) is 20.8 Å². The molecule has 3 nitrogen and oxygen atoms in total. The van der Waals surface area contributed by atoms with Gasteiger partial charge in [0.2, 0.25) is 0 Å². The van der Waals surface area contributed by atoms with Crippen LogP contribution in [0.2, 0.25) is 0 Å². The van der Waals surface area contributed by atoms with E-state index in [0.29, 0.717) is 12.0 Å². The molecular formula is C13H23N3S. The second-order valence-corrected chi connectivity index (χ2v) is 7.07. The standard InChI is InChI=1S/C13H23N3S/c1-9-11(7-14)17-12(15-9)16-6-5-10(8-16)13(2,3)4/h10H,5-8,14H2,1-4H3. The molecule has 1 atom stereocenters. The van der Waals surface area contributed by atoms with Crippen molar-refractivity contribution in [2.45, 2.75) is 40.7 Å². The molecule has 2 heterocycles. The zero-order valence-electron chi connectivity index (χ0n) is 11.3. The van der Waals surface area contributed by atoms with E-state index >= 15 is 0 Å². The maximum atomic E-state index is 5.71. The third-order valence-electron chi connectivity index (χ3n) is 3.75. The minimum Gasteiger partial charge on any atom is -0.348 e. The molecule has 2 N–H and O–H groups in total. The van der Waals surface area contributed by atoms with Gasteiger partial charge in [0.05, 0.1) is 5.69 Å². The van der Waals surface area contributed by atoms with Gasteiger partial charge < -0.3 is 10.6 Å². The lowest BCUT2D eigenvalue weighted by molar-refractivity contribution is 0.263. The minimum atomic E-state index is 0.401. The molecule has 0 amide bonds. The van der Waals surface area contributed by atoms with Crippen LogP contribution in [0.3, 0.4) is 0 Å². The first-order valence-corrected chi connectivity index (χ1v) is 7.14. The SMILES string of the molecule is Cc1nc(N2CCC(C(C)(C)C)C2)sc1CN. The number of nitrogens with zero attached hydrogens (tertiary/aromatic N) is 2. The van der Waals surface area contributed by atoms with Crippen molar-refractivity contribution in [1.82, 2.24) is 4.98 Å². The molecular weight excluding hydrogens is 230 g/mol. The van der Waals surface area contributed by atoms with Gasteiger partial charge in [-0.25, -0.2) is 4.98 Å². The van der Waals surface area contributed by atoms with E-state index in [2.05, 4.69) is 37.6 Å². The van der Waals surface area contributed by atoms with E-state index in [1.165, 1.54) is 11.3 Å². The van der Waals surface area contributed by atoms with E-state index in [1.807, 2.05) is 0 Å². The Bertz CT molecular complexity index is 392. The van der Waals surface area contributed by atoms with Crippen molar-refractivity contribution in [3.8, 4) is 0 Å². The van der Waals surface area contributed by atoms with Gasteiger partial charge >= 0.3 is 0 Å². The van der Waals surface area contributed by atoms with Gasteiger partial charge in [0, 0.05) is 24.5 Å². The average molecular weight is 253 g/mol. The van der Waals surface area contributed by atoms with Crippen molar-refractivity contribution >= 4 is 16.5 Å². The summed E-state index contributed by atoms with van der Waals surface area (Å²) < 4.78 is 0. The van der Waals surface area contributed by atoms with Crippen LogP contribution in [0.25, 0.3) is 0 Å². The monoisotopic (exact) mass is 253 g/mol. The molecule has 1 aliphatic rings. The zero-order valence-corrected chi connectivity index (χ0v) is 12.1. The number of nitrogens with two attached hydrogens (primary N) is 1. The van der Waals surface area contributed by atoms with Crippen LogP contribution in [-0.4, -0.2) is 18.1 Å². The van der Waals surface area contributed by atoms with Gasteiger partial charge in [-0.15, -0.1) is 11.3 Å².